The fraction of sp³-hybridized carbons (Fsp3) is 0.0909. The molecule has 0 heterocycles. The van der Waals surface area contributed by atoms with Crippen molar-refractivity contribution in [3.63, 3.8) is 0 Å². The summed E-state index contributed by atoms with van der Waals surface area (Å²) in [6.07, 6.45) is 0. The van der Waals surface area contributed by atoms with Crippen LogP contribution in [-0.4, -0.2) is 18.9 Å². The first-order chi connectivity index (χ1) is 13.6. The fourth-order valence-corrected chi connectivity index (χ4v) is 2.61. The molecule has 6 heteroatoms. The van der Waals surface area contributed by atoms with Crippen LogP contribution in [0.3, 0.4) is 0 Å². The van der Waals surface area contributed by atoms with Crippen molar-refractivity contribution in [2.45, 2.75) is 6.54 Å². The van der Waals surface area contributed by atoms with Gasteiger partial charge in [-0.25, -0.2) is 4.39 Å². The van der Waals surface area contributed by atoms with Crippen molar-refractivity contribution in [1.29, 1.82) is 0 Å². The molecule has 3 rings (SSSR count). The van der Waals surface area contributed by atoms with Gasteiger partial charge in [0.2, 0.25) is 0 Å². The molecule has 0 saturated carbocycles. The predicted octanol–water partition coefficient (Wildman–Crippen LogP) is 4.02. The lowest BCUT2D eigenvalue weighted by Gasteiger charge is -2.12. The highest BCUT2D eigenvalue weighted by molar-refractivity contribution is 6.09. The van der Waals surface area contributed by atoms with Crippen molar-refractivity contribution in [2.24, 2.45) is 0 Å². The molecule has 0 aliphatic heterocycles. The van der Waals surface area contributed by atoms with Gasteiger partial charge in [0.25, 0.3) is 11.8 Å². The number of benzene rings is 3. The summed E-state index contributed by atoms with van der Waals surface area (Å²) in [4.78, 5) is 25.0. The maximum Gasteiger partial charge on any atom is 0.255 e. The smallest absolute Gasteiger partial charge is 0.255 e. The summed E-state index contributed by atoms with van der Waals surface area (Å²) in [5, 5.41) is 5.53. The summed E-state index contributed by atoms with van der Waals surface area (Å²) in [5.74, 6) is -0.352. The SMILES string of the molecule is COc1ccc(C(=O)Nc2ccccc2C(=O)NCc2ccc(F)cc2)cc1. The highest BCUT2D eigenvalue weighted by Crippen LogP contribution is 2.18. The number of ether oxygens (including phenoxy) is 1. The summed E-state index contributed by atoms with van der Waals surface area (Å²) in [5.41, 5.74) is 1.96. The monoisotopic (exact) mass is 378 g/mol. The van der Waals surface area contributed by atoms with Crippen molar-refractivity contribution < 1.29 is 18.7 Å². The molecular weight excluding hydrogens is 359 g/mol. The number of hydrogen-bond acceptors (Lipinski definition) is 3. The van der Waals surface area contributed by atoms with E-state index in [4.69, 9.17) is 4.74 Å². The van der Waals surface area contributed by atoms with E-state index in [-0.39, 0.29) is 24.2 Å². The first-order valence-corrected chi connectivity index (χ1v) is 8.64. The first-order valence-electron chi connectivity index (χ1n) is 8.64. The van der Waals surface area contributed by atoms with Crippen LogP contribution in [0.15, 0.2) is 72.8 Å². The Labute approximate surface area is 162 Å². The van der Waals surface area contributed by atoms with E-state index in [0.717, 1.165) is 5.56 Å². The van der Waals surface area contributed by atoms with E-state index < -0.39 is 0 Å². The molecule has 28 heavy (non-hydrogen) atoms. The Morgan fingerprint density at radius 1 is 0.893 bits per heavy atom. The number of anilines is 1. The third kappa shape index (κ3) is 4.73. The molecule has 3 aromatic carbocycles. The Morgan fingerprint density at radius 2 is 1.57 bits per heavy atom. The van der Waals surface area contributed by atoms with Gasteiger partial charge in [0.05, 0.1) is 18.4 Å². The molecule has 0 radical (unpaired) electrons. The van der Waals surface area contributed by atoms with Gasteiger partial charge in [-0.2, -0.15) is 0 Å². The Morgan fingerprint density at radius 3 is 2.25 bits per heavy atom. The number of nitrogens with one attached hydrogen (secondary N) is 2. The summed E-state index contributed by atoms with van der Waals surface area (Å²) in [7, 11) is 1.55. The van der Waals surface area contributed by atoms with E-state index in [1.54, 1.807) is 67.8 Å². The lowest BCUT2D eigenvalue weighted by molar-refractivity contribution is 0.0952. The van der Waals surface area contributed by atoms with Crippen LogP contribution >= 0.6 is 0 Å². The van der Waals surface area contributed by atoms with Gasteiger partial charge in [0.1, 0.15) is 11.6 Å². The summed E-state index contributed by atoms with van der Waals surface area (Å²) >= 11 is 0. The maximum atomic E-state index is 13.0. The molecular formula is C22H19FN2O3. The molecule has 0 aromatic heterocycles. The second kappa shape index (κ2) is 8.81. The summed E-state index contributed by atoms with van der Waals surface area (Å²) in [6.45, 7) is 0.250. The van der Waals surface area contributed by atoms with Crippen molar-refractivity contribution in [1.82, 2.24) is 5.32 Å². The Balaban J connectivity index is 1.70. The van der Waals surface area contributed by atoms with Crippen molar-refractivity contribution in [3.8, 4) is 5.75 Å². The van der Waals surface area contributed by atoms with Crippen LogP contribution in [0.25, 0.3) is 0 Å². The molecule has 0 spiro atoms. The zero-order chi connectivity index (χ0) is 19.9. The van der Waals surface area contributed by atoms with Crippen molar-refractivity contribution >= 4 is 17.5 Å². The molecule has 0 atom stereocenters. The zero-order valence-corrected chi connectivity index (χ0v) is 15.2. The topological polar surface area (TPSA) is 67.4 Å². The molecule has 0 saturated heterocycles. The van der Waals surface area contributed by atoms with Crippen molar-refractivity contribution in [2.75, 3.05) is 12.4 Å². The standard InChI is InChI=1S/C22H19FN2O3/c1-28-18-12-8-16(9-13-18)21(26)25-20-5-3-2-4-19(20)22(27)24-14-15-6-10-17(23)11-7-15/h2-13H,14H2,1H3,(H,24,27)(H,25,26). The third-order valence-electron chi connectivity index (χ3n) is 4.14. The normalized spacial score (nSPS) is 10.2. The van der Waals surface area contributed by atoms with Gasteiger partial charge < -0.3 is 15.4 Å². The number of para-hydroxylation sites is 1. The van der Waals surface area contributed by atoms with E-state index in [2.05, 4.69) is 10.6 Å². The third-order valence-corrected chi connectivity index (χ3v) is 4.14. The van der Waals surface area contributed by atoms with Crippen LogP contribution in [0, 0.1) is 5.82 Å². The van der Waals surface area contributed by atoms with Gasteiger partial charge in [-0.1, -0.05) is 24.3 Å². The Hall–Kier alpha value is -3.67. The molecule has 2 amide bonds. The molecule has 5 nitrogen and oxygen atoms in total. The largest absolute Gasteiger partial charge is 0.497 e. The number of rotatable bonds is 6. The quantitative estimate of drug-likeness (QED) is 0.681. The lowest BCUT2D eigenvalue weighted by atomic mass is 10.1. The predicted molar refractivity (Wildman–Crippen MR) is 105 cm³/mol. The van der Waals surface area contributed by atoms with E-state index in [1.807, 2.05) is 0 Å². The average molecular weight is 378 g/mol. The molecule has 0 fully saturated rings. The number of carbonyl (C=O) groups excluding carboxylic acids is 2. The highest BCUT2D eigenvalue weighted by atomic mass is 19.1. The van der Waals surface area contributed by atoms with Crippen molar-refractivity contribution in [3.05, 3.63) is 95.3 Å². The second-order valence-electron chi connectivity index (χ2n) is 6.04. The average Bonchev–Trinajstić information content (AvgIpc) is 2.73. The van der Waals surface area contributed by atoms with Gasteiger partial charge in [0, 0.05) is 12.1 Å². The molecule has 142 valence electrons. The van der Waals surface area contributed by atoms with Crippen LogP contribution in [0.5, 0.6) is 5.75 Å². The highest BCUT2D eigenvalue weighted by Gasteiger charge is 2.14. The first kappa shape index (κ1) is 19.1. The number of carbonyl (C=O) groups is 2. The minimum absolute atomic E-state index is 0.250. The molecule has 3 aromatic rings. The van der Waals surface area contributed by atoms with E-state index >= 15 is 0 Å². The van der Waals surface area contributed by atoms with E-state index in [9.17, 15) is 14.0 Å². The fourth-order valence-electron chi connectivity index (χ4n) is 2.61. The van der Waals surface area contributed by atoms with Gasteiger partial charge >= 0.3 is 0 Å². The molecule has 0 unspecified atom stereocenters. The van der Waals surface area contributed by atoms with Crippen LogP contribution in [0.2, 0.25) is 0 Å². The van der Waals surface area contributed by atoms with Gasteiger partial charge in [-0.15, -0.1) is 0 Å². The number of hydrogen-bond donors (Lipinski definition) is 2. The summed E-state index contributed by atoms with van der Waals surface area (Å²) < 4.78 is 18.1. The Bertz CT molecular complexity index is 970. The maximum absolute atomic E-state index is 13.0. The summed E-state index contributed by atoms with van der Waals surface area (Å²) in [6, 6.07) is 19.3. The van der Waals surface area contributed by atoms with Gasteiger partial charge in [-0.05, 0) is 54.1 Å². The van der Waals surface area contributed by atoms with Crippen LogP contribution in [0.4, 0.5) is 10.1 Å². The minimum Gasteiger partial charge on any atom is -0.497 e. The van der Waals surface area contributed by atoms with Crippen LogP contribution in [-0.2, 0) is 6.54 Å². The minimum atomic E-state index is -0.338. The number of halogens is 1. The van der Waals surface area contributed by atoms with Gasteiger partial charge in [0.15, 0.2) is 0 Å². The van der Waals surface area contributed by atoms with E-state index in [0.29, 0.717) is 22.6 Å². The second-order valence-corrected chi connectivity index (χ2v) is 6.04. The Kier molecular flexibility index (Phi) is 6.01. The molecule has 0 aliphatic carbocycles. The number of methoxy groups -OCH3 is 1. The molecule has 0 bridgehead atoms. The van der Waals surface area contributed by atoms with Crippen LogP contribution < -0.4 is 15.4 Å². The zero-order valence-electron chi connectivity index (χ0n) is 15.2. The number of amides is 2. The molecule has 2 N–H and O–H groups in total. The van der Waals surface area contributed by atoms with Crippen LogP contribution in [0.1, 0.15) is 26.3 Å². The molecule has 0 aliphatic rings. The van der Waals surface area contributed by atoms with E-state index in [1.165, 1.54) is 12.1 Å². The van der Waals surface area contributed by atoms with Gasteiger partial charge in [-0.3, -0.25) is 9.59 Å². The lowest BCUT2D eigenvalue weighted by Crippen LogP contribution is -2.24.